The zero-order valence-electron chi connectivity index (χ0n) is 19.8. The van der Waals surface area contributed by atoms with E-state index in [9.17, 15) is 4.79 Å². The Labute approximate surface area is 200 Å². The molecule has 0 radical (unpaired) electrons. The average molecular weight is 464 g/mol. The van der Waals surface area contributed by atoms with Gasteiger partial charge >= 0.3 is 6.03 Å². The molecule has 1 unspecified atom stereocenters. The highest BCUT2D eigenvalue weighted by molar-refractivity contribution is 7.19. The molecule has 1 atom stereocenters. The van der Waals surface area contributed by atoms with Crippen molar-refractivity contribution in [1.82, 2.24) is 14.9 Å². The van der Waals surface area contributed by atoms with E-state index in [0.29, 0.717) is 19.0 Å². The lowest BCUT2D eigenvalue weighted by atomic mass is 9.89. The van der Waals surface area contributed by atoms with E-state index in [1.165, 1.54) is 22.2 Å². The molecule has 1 N–H and O–H groups in total. The third-order valence-electron chi connectivity index (χ3n) is 6.66. The number of rotatable bonds is 4. The van der Waals surface area contributed by atoms with Gasteiger partial charge in [-0.15, -0.1) is 11.3 Å². The number of urea groups is 1. The fraction of sp³-hybridized carbons (Fsp3) is 0.500. The van der Waals surface area contributed by atoms with Gasteiger partial charge in [0.05, 0.1) is 5.39 Å². The first kappa shape index (κ1) is 22.1. The van der Waals surface area contributed by atoms with Crippen LogP contribution in [0.2, 0.25) is 0 Å². The minimum atomic E-state index is -0.0314. The Bertz CT molecular complexity index is 1130. The van der Waals surface area contributed by atoms with Gasteiger partial charge < -0.3 is 15.1 Å². The van der Waals surface area contributed by atoms with Crippen LogP contribution < -0.4 is 10.2 Å². The van der Waals surface area contributed by atoms with Crippen molar-refractivity contribution < 1.29 is 4.79 Å². The lowest BCUT2D eigenvalue weighted by molar-refractivity contribution is 0.208. The van der Waals surface area contributed by atoms with E-state index in [4.69, 9.17) is 9.97 Å². The quantitative estimate of drug-likeness (QED) is 0.565. The Morgan fingerprint density at radius 2 is 1.91 bits per heavy atom. The van der Waals surface area contributed by atoms with Crippen LogP contribution in [0.5, 0.6) is 0 Å². The fourth-order valence-corrected chi connectivity index (χ4v) is 6.29. The summed E-state index contributed by atoms with van der Waals surface area (Å²) in [5.74, 6) is 3.29. The van der Waals surface area contributed by atoms with Gasteiger partial charge in [-0.2, -0.15) is 0 Å². The molecule has 1 saturated heterocycles. The van der Waals surface area contributed by atoms with Crippen LogP contribution in [0.1, 0.15) is 43.5 Å². The number of nitrogens with one attached hydrogen (secondary N) is 1. The highest BCUT2D eigenvalue weighted by Gasteiger charge is 2.28. The van der Waals surface area contributed by atoms with Gasteiger partial charge in [0.2, 0.25) is 0 Å². The number of anilines is 2. The minimum Gasteiger partial charge on any atom is -0.352 e. The Balaban J connectivity index is 1.39. The Morgan fingerprint density at radius 3 is 2.64 bits per heavy atom. The summed E-state index contributed by atoms with van der Waals surface area (Å²) < 4.78 is 0. The molecule has 1 fully saturated rings. The second-order valence-corrected chi connectivity index (χ2v) is 10.9. The molecule has 3 heterocycles. The van der Waals surface area contributed by atoms with Crippen LogP contribution >= 0.6 is 11.3 Å². The van der Waals surface area contributed by atoms with Crippen LogP contribution in [-0.4, -0.2) is 47.1 Å². The van der Waals surface area contributed by atoms with Gasteiger partial charge in [0.25, 0.3) is 0 Å². The van der Waals surface area contributed by atoms with Crippen molar-refractivity contribution in [3.8, 4) is 0 Å². The highest BCUT2D eigenvalue weighted by Crippen LogP contribution is 2.41. The molecular formula is C26H33N5OS. The van der Waals surface area contributed by atoms with Crippen LogP contribution in [0.25, 0.3) is 10.2 Å². The number of hydrogen-bond acceptors (Lipinski definition) is 5. The first-order valence-corrected chi connectivity index (χ1v) is 13.0. The van der Waals surface area contributed by atoms with E-state index < -0.39 is 0 Å². The molecule has 1 aromatic carbocycles. The molecular weight excluding hydrogens is 430 g/mol. The maximum absolute atomic E-state index is 12.8. The van der Waals surface area contributed by atoms with Crippen molar-refractivity contribution in [3.63, 3.8) is 0 Å². The predicted octanol–water partition coefficient (Wildman–Crippen LogP) is 5.37. The molecule has 6 nitrogen and oxygen atoms in total. The molecule has 1 aliphatic carbocycles. The van der Waals surface area contributed by atoms with Crippen molar-refractivity contribution in [2.45, 2.75) is 46.5 Å². The van der Waals surface area contributed by atoms with E-state index in [1.54, 1.807) is 0 Å². The predicted molar refractivity (Wildman–Crippen MR) is 136 cm³/mol. The smallest absolute Gasteiger partial charge is 0.321 e. The molecule has 1 aliphatic heterocycles. The van der Waals surface area contributed by atoms with Crippen LogP contribution in [0, 0.1) is 11.8 Å². The molecule has 2 aromatic heterocycles. The molecule has 0 bridgehead atoms. The van der Waals surface area contributed by atoms with Crippen molar-refractivity contribution in [1.29, 1.82) is 0 Å². The normalized spacial score (nSPS) is 18.6. The first-order valence-electron chi connectivity index (χ1n) is 12.1. The number of piperazine rings is 1. The van der Waals surface area contributed by atoms with E-state index in [-0.39, 0.29) is 6.03 Å². The summed E-state index contributed by atoms with van der Waals surface area (Å²) in [6.45, 7) is 9.74. The average Bonchev–Trinajstić information content (AvgIpc) is 3.16. The van der Waals surface area contributed by atoms with Gasteiger partial charge in [0, 0.05) is 43.2 Å². The third-order valence-corrected chi connectivity index (χ3v) is 7.81. The maximum atomic E-state index is 12.8. The molecule has 0 saturated carbocycles. The minimum absolute atomic E-state index is 0.0314. The SMILES string of the molecule is CC(C)Cc1nc(N2CCN(C(=O)Nc3ccccc3)CC2)c2c3c(sc2n1)CC(C)CC3. The molecule has 174 valence electrons. The molecule has 3 aromatic rings. The molecule has 0 spiro atoms. The number of hydrogen-bond donors (Lipinski definition) is 1. The molecule has 2 amide bonds. The number of amides is 2. The van der Waals surface area contributed by atoms with Crippen LogP contribution in [0.4, 0.5) is 16.3 Å². The topological polar surface area (TPSA) is 61.4 Å². The standard InChI is InChI=1S/C26H33N5OS/c1-17(2)15-22-28-24(23-20-10-9-18(3)16-21(20)33-25(23)29-22)30-11-13-31(14-12-30)26(32)27-19-7-5-4-6-8-19/h4-8,17-18H,9-16H2,1-3H3,(H,27,32). The number of carbonyl (C=O) groups is 1. The van der Waals surface area contributed by atoms with Crippen molar-refractivity contribution >= 4 is 39.1 Å². The number of benzene rings is 1. The monoisotopic (exact) mass is 463 g/mol. The molecule has 7 heteroatoms. The van der Waals surface area contributed by atoms with Gasteiger partial charge in [-0.25, -0.2) is 14.8 Å². The maximum Gasteiger partial charge on any atom is 0.321 e. The molecule has 5 rings (SSSR count). The Kier molecular flexibility index (Phi) is 6.23. The second-order valence-electron chi connectivity index (χ2n) is 9.86. The van der Waals surface area contributed by atoms with Crippen LogP contribution in [-0.2, 0) is 19.3 Å². The van der Waals surface area contributed by atoms with Gasteiger partial charge in [-0.1, -0.05) is 39.0 Å². The lowest BCUT2D eigenvalue weighted by Crippen LogP contribution is -2.50. The summed E-state index contributed by atoms with van der Waals surface area (Å²) in [6, 6.07) is 9.63. The molecule has 2 aliphatic rings. The number of aromatic nitrogens is 2. The first-order chi connectivity index (χ1) is 16.0. The van der Waals surface area contributed by atoms with Gasteiger partial charge in [0.1, 0.15) is 16.5 Å². The summed E-state index contributed by atoms with van der Waals surface area (Å²) in [4.78, 5) is 29.8. The summed E-state index contributed by atoms with van der Waals surface area (Å²) in [7, 11) is 0. The second kappa shape index (κ2) is 9.29. The van der Waals surface area contributed by atoms with Gasteiger partial charge in [-0.3, -0.25) is 0 Å². The largest absolute Gasteiger partial charge is 0.352 e. The number of fused-ring (bicyclic) bond motifs is 3. The summed E-state index contributed by atoms with van der Waals surface area (Å²) in [6.07, 6.45) is 4.40. The van der Waals surface area contributed by atoms with E-state index in [1.807, 2.05) is 46.6 Å². The van der Waals surface area contributed by atoms with E-state index in [2.05, 4.69) is 31.0 Å². The van der Waals surface area contributed by atoms with Gasteiger partial charge in [-0.05, 0) is 48.8 Å². The zero-order chi connectivity index (χ0) is 22.9. The van der Waals surface area contributed by atoms with Crippen molar-refractivity contribution in [2.75, 3.05) is 36.4 Å². The number of carbonyl (C=O) groups excluding carboxylic acids is 1. The zero-order valence-corrected chi connectivity index (χ0v) is 20.6. The van der Waals surface area contributed by atoms with Crippen LogP contribution in [0.3, 0.4) is 0 Å². The number of thiophene rings is 1. The van der Waals surface area contributed by atoms with Crippen LogP contribution in [0.15, 0.2) is 30.3 Å². The van der Waals surface area contributed by atoms with E-state index >= 15 is 0 Å². The Hall–Kier alpha value is -2.67. The number of aryl methyl sites for hydroxylation is 1. The highest BCUT2D eigenvalue weighted by atomic mass is 32.1. The summed E-state index contributed by atoms with van der Waals surface area (Å²) >= 11 is 1.88. The number of para-hydroxylation sites is 1. The Morgan fingerprint density at radius 1 is 1.15 bits per heavy atom. The number of nitrogens with zero attached hydrogens (tertiary/aromatic N) is 4. The fourth-order valence-electron chi connectivity index (χ4n) is 4.90. The van der Waals surface area contributed by atoms with E-state index in [0.717, 1.165) is 60.4 Å². The van der Waals surface area contributed by atoms with Gasteiger partial charge in [0.15, 0.2) is 0 Å². The molecule has 33 heavy (non-hydrogen) atoms. The van der Waals surface area contributed by atoms with Crippen molar-refractivity contribution in [2.24, 2.45) is 11.8 Å². The lowest BCUT2D eigenvalue weighted by Gasteiger charge is -2.36. The summed E-state index contributed by atoms with van der Waals surface area (Å²) in [5, 5.41) is 4.29. The summed E-state index contributed by atoms with van der Waals surface area (Å²) in [5.41, 5.74) is 2.31. The van der Waals surface area contributed by atoms with Crippen molar-refractivity contribution in [3.05, 3.63) is 46.6 Å². The third kappa shape index (κ3) is 4.69.